The zero-order valence-corrected chi connectivity index (χ0v) is 14.6. The molecule has 1 amide bonds. The minimum atomic E-state index is -0.00573. The maximum atomic E-state index is 12.0. The van der Waals surface area contributed by atoms with Gasteiger partial charge in [0, 0.05) is 17.6 Å². The average Bonchev–Trinajstić information content (AvgIpc) is 2.57. The maximum Gasteiger partial charge on any atom is 0.230 e. The van der Waals surface area contributed by atoms with Gasteiger partial charge < -0.3 is 11.1 Å². The first-order valence-electron chi connectivity index (χ1n) is 7.51. The minimum absolute atomic E-state index is 0.00263. The third-order valence-electron chi connectivity index (χ3n) is 3.42. The van der Waals surface area contributed by atoms with E-state index in [-0.39, 0.29) is 17.2 Å². The standard InChI is InChI=1S/C18H21ClN2OS/c1-13(11-20)21-17(22)12-23-18(14-5-3-2-4-6-14)15-7-9-16(19)10-8-15/h2-10,13,18H,11-12,20H2,1H3,(H,21,22)/t13-,18?/m0/s1. The predicted molar refractivity (Wildman–Crippen MR) is 98.9 cm³/mol. The van der Waals surface area contributed by atoms with Crippen molar-refractivity contribution in [2.45, 2.75) is 18.2 Å². The van der Waals surface area contributed by atoms with Gasteiger partial charge in [-0.05, 0) is 30.2 Å². The van der Waals surface area contributed by atoms with Crippen LogP contribution in [-0.4, -0.2) is 24.2 Å². The molecule has 0 radical (unpaired) electrons. The lowest BCUT2D eigenvalue weighted by Gasteiger charge is -2.18. The fourth-order valence-corrected chi connectivity index (χ4v) is 3.41. The monoisotopic (exact) mass is 348 g/mol. The second-order valence-corrected chi connectivity index (χ2v) is 6.89. The topological polar surface area (TPSA) is 55.1 Å². The Labute approximate surface area is 146 Å². The molecule has 1 unspecified atom stereocenters. The SMILES string of the molecule is C[C@@H](CN)NC(=O)CSC(c1ccccc1)c1ccc(Cl)cc1. The molecule has 2 aromatic rings. The summed E-state index contributed by atoms with van der Waals surface area (Å²) in [7, 11) is 0. The fraction of sp³-hybridized carbons (Fsp3) is 0.278. The maximum absolute atomic E-state index is 12.0. The van der Waals surface area contributed by atoms with E-state index in [4.69, 9.17) is 17.3 Å². The van der Waals surface area contributed by atoms with Crippen LogP contribution in [0, 0.1) is 0 Å². The molecule has 3 nitrogen and oxygen atoms in total. The van der Waals surface area contributed by atoms with Crippen LogP contribution in [0.1, 0.15) is 23.3 Å². The lowest BCUT2D eigenvalue weighted by atomic mass is 10.0. The van der Waals surface area contributed by atoms with E-state index in [0.29, 0.717) is 17.3 Å². The Morgan fingerprint density at radius 1 is 1.13 bits per heavy atom. The van der Waals surface area contributed by atoms with Gasteiger partial charge in [-0.2, -0.15) is 0 Å². The van der Waals surface area contributed by atoms with Crippen molar-refractivity contribution in [2.24, 2.45) is 5.73 Å². The molecule has 0 saturated heterocycles. The summed E-state index contributed by atoms with van der Waals surface area (Å²) in [5, 5.41) is 3.69. The van der Waals surface area contributed by atoms with Crippen molar-refractivity contribution in [3.05, 3.63) is 70.7 Å². The highest BCUT2D eigenvalue weighted by Crippen LogP contribution is 2.35. The minimum Gasteiger partial charge on any atom is -0.352 e. The van der Waals surface area contributed by atoms with E-state index in [2.05, 4.69) is 17.4 Å². The first-order chi connectivity index (χ1) is 11.1. The van der Waals surface area contributed by atoms with Crippen molar-refractivity contribution < 1.29 is 4.79 Å². The van der Waals surface area contributed by atoms with Crippen LogP contribution >= 0.6 is 23.4 Å². The van der Waals surface area contributed by atoms with Gasteiger partial charge in [0.2, 0.25) is 5.91 Å². The number of benzene rings is 2. The van der Waals surface area contributed by atoms with Crippen LogP contribution in [0.3, 0.4) is 0 Å². The van der Waals surface area contributed by atoms with E-state index in [0.717, 1.165) is 5.56 Å². The molecule has 2 atom stereocenters. The molecule has 0 aromatic heterocycles. The van der Waals surface area contributed by atoms with Crippen molar-refractivity contribution in [2.75, 3.05) is 12.3 Å². The molecule has 2 rings (SSSR count). The van der Waals surface area contributed by atoms with Gasteiger partial charge >= 0.3 is 0 Å². The molecule has 0 saturated carbocycles. The fourth-order valence-electron chi connectivity index (χ4n) is 2.18. The lowest BCUT2D eigenvalue weighted by molar-refractivity contribution is -0.119. The van der Waals surface area contributed by atoms with Gasteiger partial charge in [0.05, 0.1) is 11.0 Å². The Bertz CT molecular complexity index is 619. The van der Waals surface area contributed by atoms with Gasteiger partial charge in [-0.15, -0.1) is 11.8 Å². The number of carbonyl (C=O) groups is 1. The molecule has 0 aliphatic rings. The van der Waals surface area contributed by atoms with Crippen molar-refractivity contribution in [1.29, 1.82) is 0 Å². The Kier molecular flexibility index (Phi) is 6.96. The van der Waals surface area contributed by atoms with Gasteiger partial charge in [-0.3, -0.25) is 4.79 Å². The van der Waals surface area contributed by atoms with E-state index < -0.39 is 0 Å². The summed E-state index contributed by atoms with van der Waals surface area (Å²) in [6, 6.07) is 17.9. The highest BCUT2D eigenvalue weighted by molar-refractivity contribution is 8.00. The van der Waals surface area contributed by atoms with Crippen LogP contribution in [0.15, 0.2) is 54.6 Å². The third kappa shape index (κ3) is 5.57. The molecule has 0 aliphatic carbocycles. The molecule has 2 aromatic carbocycles. The smallest absolute Gasteiger partial charge is 0.230 e. The number of hydrogen-bond acceptors (Lipinski definition) is 3. The summed E-state index contributed by atoms with van der Waals surface area (Å²) in [6.45, 7) is 2.34. The number of carbonyl (C=O) groups excluding carboxylic acids is 1. The molecule has 23 heavy (non-hydrogen) atoms. The van der Waals surface area contributed by atoms with Crippen molar-refractivity contribution in [3.63, 3.8) is 0 Å². The predicted octanol–water partition coefficient (Wildman–Crippen LogP) is 3.63. The average molecular weight is 349 g/mol. The van der Waals surface area contributed by atoms with Crippen LogP contribution in [0.4, 0.5) is 0 Å². The summed E-state index contributed by atoms with van der Waals surface area (Å²) in [5.41, 5.74) is 7.83. The molecule has 0 spiro atoms. The molecular weight excluding hydrogens is 328 g/mol. The molecule has 0 bridgehead atoms. The van der Waals surface area contributed by atoms with Gasteiger partial charge in [0.1, 0.15) is 0 Å². The van der Waals surface area contributed by atoms with E-state index in [1.807, 2.05) is 49.4 Å². The number of halogens is 1. The van der Waals surface area contributed by atoms with Gasteiger partial charge in [-0.25, -0.2) is 0 Å². The second kappa shape index (κ2) is 8.96. The largest absolute Gasteiger partial charge is 0.352 e. The highest BCUT2D eigenvalue weighted by atomic mass is 35.5. The number of rotatable bonds is 7. The van der Waals surface area contributed by atoms with Crippen LogP contribution in [0.25, 0.3) is 0 Å². The van der Waals surface area contributed by atoms with Crippen molar-refractivity contribution >= 4 is 29.3 Å². The molecule has 0 fully saturated rings. The first kappa shape index (κ1) is 17.9. The van der Waals surface area contributed by atoms with E-state index in [1.54, 1.807) is 11.8 Å². The van der Waals surface area contributed by atoms with Gasteiger partial charge in [0.15, 0.2) is 0 Å². The summed E-state index contributed by atoms with van der Waals surface area (Å²) in [4.78, 5) is 12.0. The van der Waals surface area contributed by atoms with Crippen LogP contribution < -0.4 is 11.1 Å². The van der Waals surface area contributed by atoms with E-state index >= 15 is 0 Å². The molecular formula is C18H21ClN2OS. The summed E-state index contributed by atoms with van der Waals surface area (Å²) in [6.07, 6.45) is 0. The number of nitrogens with two attached hydrogens (primary N) is 1. The van der Waals surface area contributed by atoms with Crippen molar-refractivity contribution in [3.8, 4) is 0 Å². The first-order valence-corrected chi connectivity index (χ1v) is 8.94. The number of nitrogens with one attached hydrogen (secondary N) is 1. The Hall–Kier alpha value is -1.49. The molecule has 0 heterocycles. The van der Waals surface area contributed by atoms with Crippen LogP contribution in [0.2, 0.25) is 5.02 Å². The number of hydrogen-bond donors (Lipinski definition) is 2. The zero-order valence-electron chi connectivity index (χ0n) is 13.0. The van der Waals surface area contributed by atoms with Gasteiger partial charge in [-0.1, -0.05) is 54.1 Å². The molecule has 0 aliphatic heterocycles. The van der Waals surface area contributed by atoms with Crippen LogP contribution in [0.5, 0.6) is 0 Å². The summed E-state index contributed by atoms with van der Waals surface area (Å²) >= 11 is 7.58. The van der Waals surface area contributed by atoms with Crippen molar-refractivity contribution in [1.82, 2.24) is 5.32 Å². The van der Waals surface area contributed by atoms with E-state index in [1.165, 1.54) is 5.56 Å². The summed E-state index contributed by atoms with van der Waals surface area (Å²) < 4.78 is 0. The second-order valence-electron chi connectivity index (χ2n) is 5.36. The third-order valence-corrected chi connectivity index (χ3v) is 4.98. The normalized spacial score (nSPS) is 13.3. The molecule has 122 valence electrons. The van der Waals surface area contributed by atoms with Gasteiger partial charge in [0.25, 0.3) is 0 Å². The Balaban J connectivity index is 2.12. The lowest BCUT2D eigenvalue weighted by Crippen LogP contribution is -2.38. The number of amides is 1. The van der Waals surface area contributed by atoms with E-state index in [9.17, 15) is 4.79 Å². The Morgan fingerprint density at radius 3 is 2.35 bits per heavy atom. The quantitative estimate of drug-likeness (QED) is 0.803. The number of thioether (sulfide) groups is 1. The molecule has 5 heteroatoms. The zero-order chi connectivity index (χ0) is 16.7. The summed E-state index contributed by atoms with van der Waals surface area (Å²) in [5.74, 6) is 0.384. The molecule has 3 N–H and O–H groups in total. The Morgan fingerprint density at radius 2 is 1.74 bits per heavy atom. The highest BCUT2D eigenvalue weighted by Gasteiger charge is 2.17. The van der Waals surface area contributed by atoms with Crippen LogP contribution in [-0.2, 0) is 4.79 Å².